The topological polar surface area (TPSA) is 181 Å². The van der Waals surface area contributed by atoms with E-state index in [4.69, 9.17) is 4.42 Å². The molecule has 0 aliphatic rings. The van der Waals surface area contributed by atoms with Crippen LogP contribution in [0.15, 0.2) is 57.9 Å². The lowest BCUT2D eigenvalue weighted by atomic mass is 10.1. The quantitative estimate of drug-likeness (QED) is 0.244. The van der Waals surface area contributed by atoms with Crippen molar-refractivity contribution in [2.24, 2.45) is 7.05 Å². The van der Waals surface area contributed by atoms with Crippen molar-refractivity contribution in [1.29, 1.82) is 0 Å². The van der Waals surface area contributed by atoms with Gasteiger partial charge in [0.25, 0.3) is 11.8 Å². The van der Waals surface area contributed by atoms with E-state index in [-0.39, 0.29) is 41.7 Å². The van der Waals surface area contributed by atoms with E-state index < -0.39 is 23.5 Å². The molecule has 13 nitrogen and oxygen atoms in total. The molecule has 0 fully saturated rings. The van der Waals surface area contributed by atoms with E-state index in [1.807, 2.05) is 0 Å². The van der Waals surface area contributed by atoms with Crippen LogP contribution in [-0.4, -0.2) is 46.9 Å². The number of rotatable bonds is 7. The molecule has 198 valence electrons. The van der Waals surface area contributed by atoms with E-state index in [9.17, 15) is 29.4 Å². The van der Waals surface area contributed by atoms with Gasteiger partial charge in [-0.15, -0.1) is 0 Å². The second-order valence-corrected chi connectivity index (χ2v) is 8.84. The number of nitrogens with zero attached hydrogens (tertiary/aromatic N) is 4. The van der Waals surface area contributed by atoms with Crippen molar-refractivity contribution >= 4 is 34.7 Å². The second kappa shape index (κ2) is 9.78. The molecule has 2 aromatic carbocycles. The molecule has 0 atom stereocenters. The Morgan fingerprint density at radius 1 is 0.974 bits per heavy atom. The van der Waals surface area contributed by atoms with E-state index in [0.717, 1.165) is 0 Å². The summed E-state index contributed by atoms with van der Waals surface area (Å²) >= 11 is 0. The Labute approximate surface area is 219 Å². The predicted molar refractivity (Wildman–Crippen MR) is 137 cm³/mol. The van der Waals surface area contributed by atoms with Crippen molar-refractivity contribution in [2.45, 2.75) is 20.0 Å². The number of carbonyl (C=O) groups excluding carboxylic acids is 2. The molecule has 5 aromatic rings. The summed E-state index contributed by atoms with van der Waals surface area (Å²) < 4.78 is 7.74. The first kappa shape index (κ1) is 25.2. The van der Waals surface area contributed by atoms with Crippen LogP contribution in [0.5, 0.6) is 5.88 Å². The number of oxazole rings is 1. The minimum Gasteiger partial charge on any atom is -0.492 e. The Morgan fingerprint density at radius 3 is 2.38 bits per heavy atom. The molecule has 0 radical (unpaired) electrons. The Hall–Kier alpha value is -5.46. The molecule has 2 amide bonds. The normalized spacial score (nSPS) is 11.1. The van der Waals surface area contributed by atoms with Gasteiger partial charge < -0.3 is 25.3 Å². The third kappa shape index (κ3) is 4.92. The van der Waals surface area contributed by atoms with Gasteiger partial charge in [0, 0.05) is 20.1 Å². The molecule has 0 unspecified atom stereocenters. The molecular weight excluding hydrogens is 508 g/mol. The lowest BCUT2D eigenvalue weighted by Gasteiger charge is -2.10. The van der Waals surface area contributed by atoms with Gasteiger partial charge in [-0.2, -0.15) is 4.98 Å². The highest BCUT2D eigenvalue weighted by molar-refractivity contribution is 5.98. The number of carbonyl (C=O) groups is 3. The first-order chi connectivity index (χ1) is 18.6. The van der Waals surface area contributed by atoms with Crippen LogP contribution >= 0.6 is 0 Å². The number of aromatic carboxylic acids is 1. The molecule has 5 rings (SSSR count). The molecule has 3 aromatic heterocycles. The van der Waals surface area contributed by atoms with E-state index in [1.54, 1.807) is 44.3 Å². The Balaban J connectivity index is 1.35. The molecule has 13 heteroatoms. The predicted octanol–water partition coefficient (Wildman–Crippen LogP) is 1.75. The highest BCUT2D eigenvalue weighted by Crippen LogP contribution is 2.17. The second-order valence-electron chi connectivity index (χ2n) is 8.84. The molecule has 3 heterocycles. The SMILES string of the molecule is Cc1cc(CNC(=O)c2cc(C(=O)NCc3ccc4oc(=O)n(C)c4c3)n3cc(O)nc3n2)ccc1C(=O)O. The first-order valence-corrected chi connectivity index (χ1v) is 11.7. The maximum absolute atomic E-state index is 13.1. The van der Waals surface area contributed by atoms with Crippen molar-refractivity contribution in [2.75, 3.05) is 0 Å². The summed E-state index contributed by atoms with van der Waals surface area (Å²) in [5, 5.41) is 24.5. The number of carboxylic acid groups (broad SMARTS) is 1. The lowest BCUT2D eigenvalue weighted by Crippen LogP contribution is -2.28. The first-order valence-electron chi connectivity index (χ1n) is 11.7. The number of nitrogens with one attached hydrogen (secondary N) is 2. The maximum Gasteiger partial charge on any atom is 0.419 e. The standard InChI is InChI=1S/C26H22N6O7/c1-13-7-14(3-5-16(13)24(36)37)10-27-22(34)17-9-19(32-12-21(33)30-25(32)29-17)23(35)28-11-15-4-6-20-18(8-15)31(2)26(38)39-20/h3-9,12,33H,10-11H2,1-2H3,(H,27,34)(H,28,35)(H,36,37). The summed E-state index contributed by atoms with van der Waals surface area (Å²) in [4.78, 5) is 57.0. The summed E-state index contributed by atoms with van der Waals surface area (Å²) in [6.07, 6.45) is 1.21. The van der Waals surface area contributed by atoms with Crippen LogP contribution in [-0.2, 0) is 20.1 Å². The Bertz CT molecular complexity index is 1850. The number of amides is 2. The van der Waals surface area contributed by atoms with Crippen LogP contribution in [0.1, 0.15) is 48.0 Å². The van der Waals surface area contributed by atoms with Crippen molar-refractivity contribution in [3.05, 3.63) is 92.9 Å². The van der Waals surface area contributed by atoms with Gasteiger partial charge in [0.2, 0.25) is 11.7 Å². The van der Waals surface area contributed by atoms with Gasteiger partial charge in [0.1, 0.15) is 11.4 Å². The van der Waals surface area contributed by atoms with E-state index >= 15 is 0 Å². The number of hydrogen-bond donors (Lipinski definition) is 4. The average Bonchev–Trinajstić information content (AvgIpc) is 3.42. The lowest BCUT2D eigenvalue weighted by molar-refractivity contribution is 0.0695. The van der Waals surface area contributed by atoms with Gasteiger partial charge in [-0.25, -0.2) is 14.6 Å². The zero-order chi connectivity index (χ0) is 27.8. The fraction of sp³-hybridized carbons (Fsp3) is 0.154. The fourth-order valence-corrected chi connectivity index (χ4v) is 4.15. The van der Waals surface area contributed by atoms with Gasteiger partial charge in [0.05, 0.1) is 17.3 Å². The van der Waals surface area contributed by atoms with Crippen LogP contribution in [0, 0.1) is 6.92 Å². The van der Waals surface area contributed by atoms with E-state index in [1.165, 1.54) is 27.3 Å². The summed E-state index contributed by atoms with van der Waals surface area (Å²) in [7, 11) is 1.58. The fourth-order valence-electron chi connectivity index (χ4n) is 4.15. The summed E-state index contributed by atoms with van der Waals surface area (Å²) in [6.45, 7) is 1.85. The minimum atomic E-state index is -1.04. The highest BCUT2D eigenvalue weighted by atomic mass is 16.4. The van der Waals surface area contributed by atoms with Crippen LogP contribution < -0.4 is 16.4 Å². The summed E-state index contributed by atoms with van der Waals surface area (Å²) in [6, 6.07) is 11.1. The zero-order valence-corrected chi connectivity index (χ0v) is 20.8. The number of aryl methyl sites for hydroxylation is 2. The molecule has 0 aliphatic heterocycles. The summed E-state index contributed by atoms with van der Waals surface area (Å²) in [5.74, 6) is -3.13. The van der Waals surface area contributed by atoms with Gasteiger partial charge in [-0.1, -0.05) is 18.2 Å². The average molecular weight is 530 g/mol. The zero-order valence-electron chi connectivity index (χ0n) is 20.8. The number of benzene rings is 2. The highest BCUT2D eigenvalue weighted by Gasteiger charge is 2.19. The van der Waals surface area contributed by atoms with E-state index in [0.29, 0.717) is 27.8 Å². The van der Waals surface area contributed by atoms with E-state index in [2.05, 4.69) is 20.6 Å². The number of hydrogen-bond acceptors (Lipinski definition) is 8. The van der Waals surface area contributed by atoms with Crippen LogP contribution in [0.4, 0.5) is 0 Å². The van der Waals surface area contributed by atoms with Crippen molar-refractivity contribution in [1.82, 2.24) is 29.6 Å². The molecule has 39 heavy (non-hydrogen) atoms. The number of aromatic hydroxyl groups is 1. The van der Waals surface area contributed by atoms with Crippen LogP contribution in [0.3, 0.4) is 0 Å². The third-order valence-electron chi connectivity index (χ3n) is 6.18. The summed E-state index contributed by atoms with van der Waals surface area (Å²) in [5.41, 5.74) is 3.00. The molecule has 4 N–H and O–H groups in total. The molecule has 0 aliphatic carbocycles. The van der Waals surface area contributed by atoms with Gasteiger partial charge >= 0.3 is 11.7 Å². The minimum absolute atomic E-state index is 0.0106. The van der Waals surface area contributed by atoms with Crippen LogP contribution in [0.2, 0.25) is 0 Å². The third-order valence-corrected chi connectivity index (χ3v) is 6.18. The van der Waals surface area contributed by atoms with Crippen molar-refractivity contribution in [3.63, 3.8) is 0 Å². The maximum atomic E-state index is 13.1. The molecular formula is C26H22N6O7. The molecule has 0 saturated heterocycles. The monoisotopic (exact) mass is 530 g/mol. The van der Waals surface area contributed by atoms with Crippen molar-refractivity contribution < 1.29 is 29.0 Å². The number of aromatic nitrogens is 4. The van der Waals surface area contributed by atoms with Crippen molar-refractivity contribution in [3.8, 4) is 5.88 Å². The molecule has 0 spiro atoms. The van der Waals surface area contributed by atoms with Gasteiger partial charge in [-0.05, 0) is 47.9 Å². The van der Waals surface area contributed by atoms with Gasteiger partial charge in [0.15, 0.2) is 5.58 Å². The largest absolute Gasteiger partial charge is 0.492 e. The Morgan fingerprint density at radius 2 is 1.67 bits per heavy atom. The smallest absolute Gasteiger partial charge is 0.419 e. The van der Waals surface area contributed by atoms with Gasteiger partial charge in [-0.3, -0.25) is 18.6 Å². The number of fused-ring (bicyclic) bond motifs is 2. The Kier molecular flexibility index (Phi) is 6.32. The number of carboxylic acids is 1. The molecule has 0 saturated carbocycles. The van der Waals surface area contributed by atoms with Crippen LogP contribution in [0.25, 0.3) is 16.9 Å². The number of imidazole rings is 1. The molecule has 0 bridgehead atoms.